The highest BCUT2D eigenvalue weighted by atomic mass is 16.6. The van der Waals surface area contributed by atoms with Gasteiger partial charge in [-0.3, -0.25) is 14.4 Å². The predicted octanol–water partition coefficient (Wildman–Crippen LogP) is 3.85. The van der Waals surface area contributed by atoms with E-state index in [1.54, 1.807) is 19.9 Å². The summed E-state index contributed by atoms with van der Waals surface area (Å²) in [4.78, 5) is 44.5. The molecule has 3 atom stereocenters. The van der Waals surface area contributed by atoms with Crippen molar-refractivity contribution < 1.29 is 39.6 Å². The first-order valence-electron chi connectivity index (χ1n) is 12.1. The molecule has 9 heteroatoms. The minimum Gasteiger partial charge on any atom is -0.508 e. The van der Waals surface area contributed by atoms with Crippen LogP contribution in [-0.4, -0.2) is 54.7 Å². The van der Waals surface area contributed by atoms with Gasteiger partial charge in [-0.25, -0.2) is 0 Å². The largest absolute Gasteiger partial charge is 0.508 e. The van der Waals surface area contributed by atoms with E-state index in [9.17, 15) is 34.8 Å². The fourth-order valence-corrected chi connectivity index (χ4v) is 6.25. The number of aliphatic hydroxyl groups excluding tert-OH is 2. The molecule has 3 aliphatic carbocycles. The van der Waals surface area contributed by atoms with Gasteiger partial charge >= 0.3 is 0 Å². The quantitative estimate of drug-likeness (QED) is 0.271. The molecular weight excluding hydrogens is 478 g/mol. The van der Waals surface area contributed by atoms with Crippen molar-refractivity contribution in [3.05, 3.63) is 45.7 Å². The Morgan fingerprint density at radius 2 is 1.68 bits per heavy atom. The maximum absolute atomic E-state index is 14.0. The molecule has 0 aliphatic heterocycles. The number of ketones is 3. The molecule has 0 unspecified atom stereocenters. The molecule has 0 amide bonds. The summed E-state index contributed by atoms with van der Waals surface area (Å²) in [5, 5.41) is 49.0. The predicted molar refractivity (Wildman–Crippen MR) is 135 cm³/mol. The van der Waals surface area contributed by atoms with Gasteiger partial charge in [0.1, 0.15) is 28.4 Å². The number of rotatable bonds is 3. The van der Waals surface area contributed by atoms with E-state index < -0.39 is 56.5 Å². The fraction of sp³-hybridized carbons (Fsp3) is 0.500. The molecule has 3 aliphatic rings. The number of Topliss-reactive ketones (excluding diaryl/α,β-unsaturated/α-hetero) is 3. The van der Waals surface area contributed by atoms with Crippen LogP contribution in [0, 0.1) is 10.8 Å². The summed E-state index contributed by atoms with van der Waals surface area (Å²) in [5.74, 6) is -4.20. The van der Waals surface area contributed by atoms with Crippen LogP contribution < -0.4 is 0 Å². The molecule has 198 valence electrons. The van der Waals surface area contributed by atoms with Gasteiger partial charge in [0, 0.05) is 28.4 Å². The average Bonchev–Trinajstić information content (AvgIpc) is 2.73. The van der Waals surface area contributed by atoms with Gasteiger partial charge in [-0.15, -0.1) is 0 Å². The van der Waals surface area contributed by atoms with Gasteiger partial charge in [-0.1, -0.05) is 19.0 Å². The molecule has 4 N–H and O–H groups in total. The van der Waals surface area contributed by atoms with E-state index >= 15 is 0 Å². The summed E-state index contributed by atoms with van der Waals surface area (Å²) in [6, 6.07) is 3.03. The Labute approximate surface area is 215 Å². The standard InChI is InChI=1S/C28H33NO8/c1-13(29-37-25(3,4)5)15-8-9-17(31)20-16(15)10-26(6)12-27(7)11-18(32)19(14(2)30)23(34)28(27,36)24(35)21(26)22(20)33/h8-9,31,33-34,36H,10-12H2,1-7H3/b29-13+/t26-,27+,28+/m0/s1. The number of phenols is 1. The van der Waals surface area contributed by atoms with Gasteiger partial charge in [0.25, 0.3) is 0 Å². The minimum absolute atomic E-state index is 0.0259. The van der Waals surface area contributed by atoms with E-state index in [1.807, 2.05) is 20.8 Å². The lowest BCUT2D eigenvalue weighted by Gasteiger charge is -2.56. The molecule has 1 aromatic rings. The number of carbonyl (C=O) groups excluding carboxylic acids is 3. The van der Waals surface area contributed by atoms with E-state index in [1.165, 1.54) is 13.0 Å². The smallest absolute Gasteiger partial charge is 0.203 e. The zero-order valence-corrected chi connectivity index (χ0v) is 22.1. The molecule has 1 fully saturated rings. The summed E-state index contributed by atoms with van der Waals surface area (Å²) in [6.45, 7) is 11.6. The number of hydrogen-bond donors (Lipinski definition) is 4. The van der Waals surface area contributed by atoms with Crippen molar-refractivity contribution in [3.8, 4) is 5.75 Å². The third kappa shape index (κ3) is 3.70. The first-order chi connectivity index (χ1) is 16.9. The molecule has 0 radical (unpaired) electrons. The van der Waals surface area contributed by atoms with Crippen LogP contribution in [0.3, 0.4) is 0 Å². The summed E-state index contributed by atoms with van der Waals surface area (Å²) in [5.41, 5.74) is -4.77. The number of aliphatic hydroxyl groups is 3. The van der Waals surface area contributed by atoms with Crippen molar-refractivity contribution in [2.24, 2.45) is 16.0 Å². The molecule has 0 saturated heterocycles. The lowest BCUT2D eigenvalue weighted by Crippen LogP contribution is -2.65. The average molecular weight is 512 g/mol. The highest BCUT2D eigenvalue weighted by molar-refractivity contribution is 6.23. The summed E-state index contributed by atoms with van der Waals surface area (Å²) < 4.78 is 0. The van der Waals surface area contributed by atoms with Crippen LogP contribution in [0.5, 0.6) is 5.75 Å². The molecule has 0 bridgehead atoms. The Bertz CT molecular complexity index is 1360. The number of nitrogens with zero attached hydrogens (tertiary/aromatic N) is 1. The fourth-order valence-electron chi connectivity index (χ4n) is 6.25. The molecule has 0 spiro atoms. The van der Waals surface area contributed by atoms with E-state index in [0.717, 1.165) is 6.92 Å². The Morgan fingerprint density at radius 3 is 2.24 bits per heavy atom. The molecule has 0 aromatic heterocycles. The molecule has 9 nitrogen and oxygen atoms in total. The Morgan fingerprint density at radius 1 is 1.05 bits per heavy atom. The Balaban J connectivity index is 1.97. The molecule has 1 saturated carbocycles. The zero-order valence-electron chi connectivity index (χ0n) is 22.1. The summed E-state index contributed by atoms with van der Waals surface area (Å²) >= 11 is 0. The number of carbonyl (C=O) groups is 3. The normalized spacial score (nSPS) is 30.1. The summed E-state index contributed by atoms with van der Waals surface area (Å²) in [6.07, 6.45) is -0.132. The van der Waals surface area contributed by atoms with Crippen LogP contribution in [0.2, 0.25) is 0 Å². The van der Waals surface area contributed by atoms with Crippen molar-refractivity contribution in [2.45, 2.75) is 78.9 Å². The van der Waals surface area contributed by atoms with E-state index in [-0.39, 0.29) is 36.1 Å². The molecule has 4 rings (SSSR count). The van der Waals surface area contributed by atoms with Crippen LogP contribution in [0.15, 0.2) is 34.2 Å². The lowest BCUT2D eigenvalue weighted by molar-refractivity contribution is -0.164. The van der Waals surface area contributed by atoms with Crippen LogP contribution >= 0.6 is 0 Å². The van der Waals surface area contributed by atoms with Crippen LogP contribution in [0.4, 0.5) is 0 Å². The van der Waals surface area contributed by atoms with E-state index in [2.05, 4.69) is 5.16 Å². The highest BCUT2D eigenvalue weighted by Crippen LogP contribution is 2.62. The van der Waals surface area contributed by atoms with Crippen molar-refractivity contribution in [1.29, 1.82) is 0 Å². The third-order valence-electron chi connectivity index (χ3n) is 7.75. The van der Waals surface area contributed by atoms with Crippen LogP contribution in [0.1, 0.15) is 78.0 Å². The number of oxime groups is 1. The van der Waals surface area contributed by atoms with Crippen LogP contribution in [0.25, 0.3) is 5.76 Å². The second kappa shape index (κ2) is 8.02. The summed E-state index contributed by atoms with van der Waals surface area (Å²) in [7, 11) is 0. The first kappa shape index (κ1) is 26.6. The Kier molecular flexibility index (Phi) is 5.76. The number of fused-ring (bicyclic) bond motifs is 3. The SMILES string of the molecule is CC(=O)C1=C(O)[C@@]2(O)C(=O)C3=C(O)c4c(O)ccc(/C(C)=N/OC(C)(C)C)c4C[C@@]3(C)C[C@@]2(C)CC1=O. The van der Waals surface area contributed by atoms with Crippen LogP contribution in [-0.2, 0) is 25.6 Å². The number of allylic oxidation sites excluding steroid dienone is 1. The maximum atomic E-state index is 14.0. The number of hydrogen-bond acceptors (Lipinski definition) is 9. The van der Waals surface area contributed by atoms with Gasteiger partial charge in [-0.2, -0.15) is 0 Å². The highest BCUT2D eigenvalue weighted by Gasteiger charge is 2.68. The maximum Gasteiger partial charge on any atom is 0.203 e. The van der Waals surface area contributed by atoms with Crippen molar-refractivity contribution in [3.63, 3.8) is 0 Å². The lowest BCUT2D eigenvalue weighted by atomic mass is 9.47. The third-order valence-corrected chi connectivity index (χ3v) is 7.75. The number of aromatic hydroxyl groups is 1. The minimum atomic E-state index is -2.59. The molecule has 1 aromatic carbocycles. The van der Waals surface area contributed by atoms with E-state index in [0.29, 0.717) is 16.8 Å². The Hall–Kier alpha value is -3.46. The second-order valence-corrected chi connectivity index (χ2v) is 12.0. The molecule has 0 heterocycles. The zero-order chi connectivity index (χ0) is 27.9. The first-order valence-corrected chi connectivity index (χ1v) is 12.1. The van der Waals surface area contributed by atoms with Gasteiger partial charge in [-0.05, 0) is 65.2 Å². The topological polar surface area (TPSA) is 154 Å². The van der Waals surface area contributed by atoms with Crippen molar-refractivity contribution >= 4 is 28.8 Å². The molecule has 37 heavy (non-hydrogen) atoms. The van der Waals surface area contributed by atoms with Gasteiger partial charge in [0.15, 0.2) is 17.2 Å². The van der Waals surface area contributed by atoms with Crippen molar-refractivity contribution in [1.82, 2.24) is 0 Å². The number of phenolic OH excluding ortho intramolecular Hbond substituents is 1. The van der Waals surface area contributed by atoms with Crippen molar-refractivity contribution in [2.75, 3.05) is 0 Å². The number of benzene rings is 1. The van der Waals surface area contributed by atoms with Gasteiger partial charge in [0.2, 0.25) is 5.78 Å². The second-order valence-electron chi connectivity index (χ2n) is 12.0. The van der Waals surface area contributed by atoms with E-state index in [4.69, 9.17) is 4.84 Å². The van der Waals surface area contributed by atoms with Gasteiger partial charge in [0.05, 0.1) is 11.3 Å². The van der Waals surface area contributed by atoms with Gasteiger partial charge < -0.3 is 25.3 Å². The molecular formula is C28H33NO8. The monoisotopic (exact) mass is 511 g/mol.